The van der Waals surface area contributed by atoms with E-state index in [9.17, 15) is 9.90 Å². The van der Waals surface area contributed by atoms with E-state index in [4.69, 9.17) is 4.84 Å². The lowest BCUT2D eigenvalue weighted by atomic mass is 9.77. The monoisotopic (exact) mass is 413 g/mol. The lowest BCUT2D eigenvalue weighted by Gasteiger charge is -2.28. The van der Waals surface area contributed by atoms with Crippen LogP contribution in [0.15, 0.2) is 23.4 Å². The van der Waals surface area contributed by atoms with E-state index >= 15 is 0 Å². The van der Waals surface area contributed by atoms with Gasteiger partial charge in [0.15, 0.2) is 6.61 Å². The van der Waals surface area contributed by atoms with Crippen LogP contribution in [0.1, 0.15) is 102 Å². The average Bonchev–Trinajstić information content (AvgIpc) is 2.73. The zero-order chi connectivity index (χ0) is 22.0. The number of carbonyl (C=O) groups excluding carboxylic acids is 1. The second-order valence-electron chi connectivity index (χ2n) is 9.44. The summed E-state index contributed by atoms with van der Waals surface area (Å²) in [5, 5.41) is 15.0. The van der Waals surface area contributed by atoms with Crippen LogP contribution in [0, 0.1) is 0 Å². The van der Waals surface area contributed by atoms with Crippen molar-refractivity contribution in [1.82, 2.24) is 0 Å². The Kier molecular flexibility index (Phi) is 9.94. The summed E-state index contributed by atoms with van der Waals surface area (Å²) in [5.41, 5.74) is 3.35. The van der Waals surface area contributed by atoms with Crippen molar-refractivity contribution in [1.29, 1.82) is 0 Å². The Morgan fingerprint density at radius 3 is 2.73 bits per heavy atom. The van der Waals surface area contributed by atoms with Crippen LogP contribution in [0.2, 0.25) is 6.82 Å². The van der Waals surface area contributed by atoms with E-state index < -0.39 is 0 Å². The minimum atomic E-state index is 0.0537. The first-order valence-electron chi connectivity index (χ1n) is 11.9. The highest BCUT2D eigenvalue weighted by Crippen LogP contribution is 2.39. The Hall–Kier alpha value is -1.78. The first kappa shape index (κ1) is 24.5. The number of carbonyl (C=O) groups is 1. The molecule has 1 saturated carbocycles. The molecule has 0 bridgehead atoms. The molecule has 1 unspecified atom stereocenters. The molecule has 4 nitrogen and oxygen atoms in total. The van der Waals surface area contributed by atoms with Gasteiger partial charge in [-0.05, 0) is 60.6 Å². The fraction of sp³-hybridized carbons (Fsp3) is 0.680. The van der Waals surface area contributed by atoms with Gasteiger partial charge in [0.1, 0.15) is 11.4 Å². The Balaban J connectivity index is 1.98. The maximum Gasteiger partial charge on any atom is 0.207 e. The van der Waals surface area contributed by atoms with E-state index in [1.807, 2.05) is 12.9 Å². The summed E-state index contributed by atoms with van der Waals surface area (Å²) in [4.78, 5) is 16.6. The van der Waals surface area contributed by atoms with Crippen LogP contribution < -0.4 is 0 Å². The number of unbranched alkanes of at least 4 members (excludes halogenated alkanes) is 4. The smallest absolute Gasteiger partial charge is 0.207 e. The van der Waals surface area contributed by atoms with Crippen molar-refractivity contribution < 1.29 is 14.7 Å². The van der Waals surface area contributed by atoms with Crippen molar-refractivity contribution in [3.8, 4) is 5.75 Å². The van der Waals surface area contributed by atoms with Crippen molar-refractivity contribution in [2.45, 2.75) is 103 Å². The largest absolute Gasteiger partial charge is 0.508 e. The molecular formula is C25H40BNO3. The summed E-state index contributed by atoms with van der Waals surface area (Å²) < 4.78 is 0. The zero-order valence-corrected chi connectivity index (χ0v) is 19.5. The Morgan fingerprint density at radius 2 is 2.03 bits per heavy atom. The topological polar surface area (TPSA) is 58.9 Å². The summed E-state index contributed by atoms with van der Waals surface area (Å²) in [6, 6.07) is 6.28. The van der Waals surface area contributed by atoms with E-state index in [1.165, 1.54) is 37.7 Å². The predicted octanol–water partition coefficient (Wildman–Crippen LogP) is 6.07. The Morgan fingerprint density at radius 1 is 1.27 bits per heavy atom. The molecule has 1 aliphatic carbocycles. The molecule has 1 aliphatic rings. The summed E-state index contributed by atoms with van der Waals surface area (Å²) in [6.07, 6.45) is 11.3. The fourth-order valence-electron chi connectivity index (χ4n) is 4.31. The van der Waals surface area contributed by atoms with E-state index in [-0.39, 0.29) is 23.6 Å². The number of aromatic hydroxyl groups is 1. The molecule has 0 aliphatic heterocycles. The van der Waals surface area contributed by atoms with Crippen LogP contribution in [0.3, 0.4) is 0 Å². The maximum absolute atomic E-state index is 11.4. The highest BCUT2D eigenvalue weighted by atomic mass is 16.6. The molecule has 1 N–H and O–H groups in total. The van der Waals surface area contributed by atoms with Crippen molar-refractivity contribution >= 4 is 18.7 Å². The van der Waals surface area contributed by atoms with Gasteiger partial charge < -0.3 is 14.7 Å². The molecule has 0 aromatic heterocycles. The van der Waals surface area contributed by atoms with Gasteiger partial charge >= 0.3 is 0 Å². The predicted molar refractivity (Wildman–Crippen MR) is 127 cm³/mol. The number of phenols is 1. The third-order valence-electron chi connectivity index (χ3n) is 6.47. The Labute approximate surface area is 183 Å². The molecule has 5 heteroatoms. The molecule has 0 saturated heterocycles. The highest BCUT2D eigenvalue weighted by molar-refractivity contribution is 6.73. The summed E-state index contributed by atoms with van der Waals surface area (Å²) >= 11 is 0. The number of oxime groups is 1. The summed E-state index contributed by atoms with van der Waals surface area (Å²) in [7, 11) is 0.475. The molecule has 1 atom stereocenters. The standard InChI is InChI=1S/C25H40BNO3/c1-5-6-7-8-9-15-25(2,3)20-13-14-22(23(28)17-20)19-11-10-12-21(16-19)27-30-18-24(29)26-4/h13-14,17,19,26,28H,5-12,15-16,18H2,1-4H3/b27-21-. The van der Waals surface area contributed by atoms with Crippen molar-refractivity contribution in [2.24, 2.45) is 5.16 Å². The zero-order valence-electron chi connectivity index (χ0n) is 19.5. The van der Waals surface area contributed by atoms with Gasteiger partial charge in [-0.3, -0.25) is 0 Å². The van der Waals surface area contributed by atoms with Crippen molar-refractivity contribution in [3.05, 3.63) is 29.3 Å². The molecule has 0 amide bonds. The fourth-order valence-corrected chi connectivity index (χ4v) is 4.31. The average molecular weight is 413 g/mol. The van der Waals surface area contributed by atoms with Crippen LogP contribution in [0.25, 0.3) is 0 Å². The van der Waals surface area contributed by atoms with E-state index in [0.29, 0.717) is 13.0 Å². The molecule has 2 rings (SSSR count). The van der Waals surface area contributed by atoms with E-state index in [1.54, 1.807) is 0 Å². The number of nitrogens with zero attached hydrogens (tertiary/aromatic N) is 1. The molecule has 166 valence electrons. The normalized spacial score (nSPS) is 18.4. The van der Waals surface area contributed by atoms with E-state index in [2.05, 4.69) is 38.1 Å². The van der Waals surface area contributed by atoms with Crippen LogP contribution in [0.4, 0.5) is 0 Å². The second-order valence-corrected chi connectivity index (χ2v) is 9.44. The van der Waals surface area contributed by atoms with Gasteiger partial charge in [0, 0.05) is 0 Å². The molecule has 0 heterocycles. The molecule has 1 fully saturated rings. The number of benzene rings is 1. The molecule has 30 heavy (non-hydrogen) atoms. The van der Waals surface area contributed by atoms with Crippen LogP contribution in [0.5, 0.6) is 5.75 Å². The molecule has 1 aromatic carbocycles. The number of phenolic OH excluding ortho intramolecular Hbond substituents is 1. The van der Waals surface area contributed by atoms with Crippen molar-refractivity contribution in [2.75, 3.05) is 6.61 Å². The lowest BCUT2D eigenvalue weighted by molar-refractivity contribution is -0.116. The lowest BCUT2D eigenvalue weighted by Crippen LogP contribution is -2.18. The SMILES string of the molecule is CBC(=O)CO/N=C1/CCCC(c2ccc(C(C)(C)CCCCCCC)cc2O)C1. The minimum absolute atomic E-state index is 0.0537. The van der Waals surface area contributed by atoms with Crippen LogP contribution in [-0.4, -0.2) is 30.4 Å². The van der Waals surface area contributed by atoms with Crippen LogP contribution >= 0.6 is 0 Å². The third kappa shape index (κ3) is 7.48. The van der Waals surface area contributed by atoms with Gasteiger partial charge in [0.25, 0.3) is 0 Å². The van der Waals surface area contributed by atoms with Gasteiger partial charge in [-0.25, -0.2) is 0 Å². The van der Waals surface area contributed by atoms with Gasteiger partial charge in [-0.1, -0.05) is 77.0 Å². The van der Waals surface area contributed by atoms with Gasteiger partial charge in [0.05, 0.1) is 5.71 Å². The molecular weight excluding hydrogens is 373 g/mol. The molecule has 0 spiro atoms. The minimum Gasteiger partial charge on any atom is -0.508 e. The number of hydrogen-bond acceptors (Lipinski definition) is 4. The maximum atomic E-state index is 11.4. The van der Waals surface area contributed by atoms with Crippen LogP contribution in [-0.2, 0) is 15.0 Å². The number of rotatable bonds is 12. The van der Waals surface area contributed by atoms with Gasteiger partial charge in [-0.15, -0.1) is 0 Å². The molecule has 0 radical (unpaired) electrons. The summed E-state index contributed by atoms with van der Waals surface area (Å²) in [5.74, 6) is 0.661. The molecule has 1 aromatic rings. The van der Waals surface area contributed by atoms with Gasteiger partial charge in [-0.2, -0.15) is 0 Å². The first-order valence-corrected chi connectivity index (χ1v) is 11.9. The van der Waals surface area contributed by atoms with Gasteiger partial charge in [0.2, 0.25) is 7.28 Å². The summed E-state index contributed by atoms with van der Waals surface area (Å²) in [6.45, 7) is 8.69. The Bertz CT molecular complexity index is 714. The third-order valence-corrected chi connectivity index (χ3v) is 6.47. The van der Waals surface area contributed by atoms with Crippen molar-refractivity contribution in [3.63, 3.8) is 0 Å². The van der Waals surface area contributed by atoms with E-state index in [0.717, 1.165) is 43.4 Å². The number of hydrogen-bond donors (Lipinski definition) is 1. The second kappa shape index (κ2) is 12.2. The quantitative estimate of drug-likeness (QED) is 0.257. The highest BCUT2D eigenvalue weighted by Gasteiger charge is 2.25. The first-order chi connectivity index (χ1) is 14.4.